The molecule has 1 aromatic carbocycles. The molecule has 0 heterocycles. The second-order valence-electron chi connectivity index (χ2n) is 4.11. The number of benzene rings is 1. The molecule has 0 aliphatic heterocycles. The van der Waals surface area contributed by atoms with E-state index in [0.717, 1.165) is 12.0 Å². The largest absolute Gasteiger partial charge is 0.467 e. The Labute approximate surface area is 106 Å². The number of esters is 1. The van der Waals surface area contributed by atoms with Crippen molar-refractivity contribution >= 4 is 5.97 Å². The molecule has 1 aromatic rings. The number of nitroso groups, excluding NO2 is 1. The van der Waals surface area contributed by atoms with Crippen molar-refractivity contribution in [1.82, 2.24) is 0 Å². The van der Waals surface area contributed by atoms with Crippen LogP contribution >= 0.6 is 0 Å². The SMILES string of the molecule is COC(=O)[C@@](CO)(CCCc1ccccc1)N=O. The van der Waals surface area contributed by atoms with Crippen LogP contribution in [0.3, 0.4) is 0 Å². The van der Waals surface area contributed by atoms with Crippen LogP contribution in [0.25, 0.3) is 0 Å². The molecule has 5 heteroatoms. The standard InChI is InChI=1S/C13H17NO4/c1-18-12(16)13(10-15,14-17)9-5-8-11-6-3-2-4-7-11/h2-4,6-7,15H,5,8-10H2,1H3/t13-/m0/s1. The summed E-state index contributed by atoms with van der Waals surface area (Å²) in [6.07, 6.45) is 1.47. The molecule has 5 nitrogen and oxygen atoms in total. The average molecular weight is 251 g/mol. The first-order valence-corrected chi connectivity index (χ1v) is 5.76. The second kappa shape index (κ2) is 6.86. The van der Waals surface area contributed by atoms with Gasteiger partial charge in [0, 0.05) is 0 Å². The number of methoxy groups -OCH3 is 1. The van der Waals surface area contributed by atoms with E-state index in [2.05, 4.69) is 9.91 Å². The van der Waals surface area contributed by atoms with Gasteiger partial charge in [-0.15, -0.1) is 4.91 Å². The fourth-order valence-corrected chi connectivity index (χ4v) is 1.78. The van der Waals surface area contributed by atoms with Crippen molar-refractivity contribution in [3.63, 3.8) is 0 Å². The molecule has 0 bridgehead atoms. The normalized spacial score (nSPS) is 13.7. The van der Waals surface area contributed by atoms with E-state index >= 15 is 0 Å². The Balaban J connectivity index is 2.58. The summed E-state index contributed by atoms with van der Waals surface area (Å²) in [5.74, 6) is -0.784. The summed E-state index contributed by atoms with van der Waals surface area (Å²) >= 11 is 0. The summed E-state index contributed by atoms with van der Waals surface area (Å²) in [5, 5.41) is 11.9. The summed E-state index contributed by atoms with van der Waals surface area (Å²) in [4.78, 5) is 22.3. The third kappa shape index (κ3) is 3.37. The minimum absolute atomic E-state index is 0.175. The van der Waals surface area contributed by atoms with Crippen LogP contribution in [-0.2, 0) is 16.0 Å². The van der Waals surface area contributed by atoms with Crippen LogP contribution in [0.2, 0.25) is 0 Å². The molecular weight excluding hydrogens is 234 g/mol. The lowest BCUT2D eigenvalue weighted by Gasteiger charge is -2.20. The van der Waals surface area contributed by atoms with Crippen molar-refractivity contribution in [3.05, 3.63) is 40.8 Å². The molecule has 0 fully saturated rings. The first-order valence-electron chi connectivity index (χ1n) is 5.76. The lowest BCUT2D eigenvalue weighted by atomic mass is 9.93. The molecule has 18 heavy (non-hydrogen) atoms. The van der Waals surface area contributed by atoms with Crippen LogP contribution in [0.1, 0.15) is 18.4 Å². The van der Waals surface area contributed by atoms with Gasteiger partial charge in [0.25, 0.3) is 0 Å². The Hall–Kier alpha value is -1.75. The van der Waals surface area contributed by atoms with Crippen molar-refractivity contribution in [2.24, 2.45) is 5.18 Å². The molecular formula is C13H17NO4. The monoisotopic (exact) mass is 251 g/mol. The van der Waals surface area contributed by atoms with Gasteiger partial charge in [-0.05, 0) is 30.0 Å². The number of ether oxygens (including phenoxy) is 1. The Bertz CT molecular complexity index is 393. The van der Waals surface area contributed by atoms with Gasteiger partial charge in [0.15, 0.2) is 0 Å². The van der Waals surface area contributed by atoms with Gasteiger partial charge < -0.3 is 9.84 Å². The van der Waals surface area contributed by atoms with Gasteiger partial charge in [-0.25, -0.2) is 4.79 Å². The van der Waals surface area contributed by atoms with Crippen LogP contribution < -0.4 is 0 Å². The highest BCUT2D eigenvalue weighted by molar-refractivity contribution is 5.81. The highest BCUT2D eigenvalue weighted by atomic mass is 16.5. The van der Waals surface area contributed by atoms with E-state index in [1.807, 2.05) is 30.3 Å². The fourth-order valence-electron chi connectivity index (χ4n) is 1.78. The molecule has 0 amide bonds. The topological polar surface area (TPSA) is 76.0 Å². The third-order valence-electron chi connectivity index (χ3n) is 2.90. The van der Waals surface area contributed by atoms with Crippen molar-refractivity contribution < 1.29 is 14.6 Å². The molecule has 98 valence electrons. The van der Waals surface area contributed by atoms with E-state index < -0.39 is 18.1 Å². The number of aliphatic hydroxyl groups excluding tert-OH is 1. The van der Waals surface area contributed by atoms with Gasteiger partial charge in [0.2, 0.25) is 5.54 Å². The van der Waals surface area contributed by atoms with Gasteiger partial charge in [0.1, 0.15) is 0 Å². The van der Waals surface area contributed by atoms with E-state index in [-0.39, 0.29) is 6.42 Å². The number of aryl methyl sites for hydroxylation is 1. The van der Waals surface area contributed by atoms with Gasteiger partial charge in [-0.1, -0.05) is 30.3 Å². The number of nitrogens with zero attached hydrogens (tertiary/aromatic N) is 1. The maximum Gasteiger partial charge on any atom is 0.339 e. The van der Waals surface area contributed by atoms with E-state index in [1.54, 1.807) is 0 Å². The van der Waals surface area contributed by atoms with Crippen molar-refractivity contribution in [3.8, 4) is 0 Å². The molecule has 0 aromatic heterocycles. The van der Waals surface area contributed by atoms with Gasteiger partial charge in [0.05, 0.1) is 13.7 Å². The van der Waals surface area contributed by atoms with Crippen LogP contribution in [0.4, 0.5) is 0 Å². The minimum atomic E-state index is -1.66. The van der Waals surface area contributed by atoms with Crippen LogP contribution in [0.15, 0.2) is 35.5 Å². The molecule has 1 N–H and O–H groups in total. The zero-order valence-electron chi connectivity index (χ0n) is 10.3. The molecule has 0 aliphatic carbocycles. The number of carbonyl (C=O) groups is 1. The van der Waals surface area contributed by atoms with Gasteiger partial charge in [-0.2, -0.15) is 0 Å². The van der Waals surface area contributed by atoms with Gasteiger partial charge in [-0.3, -0.25) is 0 Å². The van der Waals surface area contributed by atoms with E-state index in [0.29, 0.717) is 6.42 Å². The predicted octanol–water partition coefficient (Wildman–Crippen LogP) is 1.68. The molecule has 1 rings (SSSR count). The Morgan fingerprint density at radius 1 is 1.39 bits per heavy atom. The zero-order valence-corrected chi connectivity index (χ0v) is 10.3. The third-order valence-corrected chi connectivity index (χ3v) is 2.90. The van der Waals surface area contributed by atoms with E-state index in [1.165, 1.54) is 7.11 Å². The highest BCUT2D eigenvalue weighted by Crippen LogP contribution is 2.21. The van der Waals surface area contributed by atoms with Crippen molar-refractivity contribution in [2.45, 2.75) is 24.8 Å². The first-order chi connectivity index (χ1) is 8.68. The molecule has 0 saturated carbocycles. The number of aliphatic hydroxyl groups is 1. The summed E-state index contributed by atoms with van der Waals surface area (Å²) in [7, 11) is 1.18. The second-order valence-corrected chi connectivity index (χ2v) is 4.11. The summed E-state index contributed by atoms with van der Waals surface area (Å²) in [6, 6.07) is 9.70. The quantitative estimate of drug-likeness (QED) is 0.591. The molecule has 0 aliphatic rings. The van der Waals surface area contributed by atoms with Crippen molar-refractivity contribution in [1.29, 1.82) is 0 Å². The maximum atomic E-state index is 11.5. The lowest BCUT2D eigenvalue weighted by Crippen LogP contribution is -2.41. The zero-order chi connectivity index (χ0) is 13.4. The van der Waals surface area contributed by atoms with Gasteiger partial charge >= 0.3 is 5.97 Å². The van der Waals surface area contributed by atoms with Crippen LogP contribution in [0, 0.1) is 4.91 Å². The Morgan fingerprint density at radius 2 is 2.06 bits per heavy atom. The predicted molar refractivity (Wildman–Crippen MR) is 67.0 cm³/mol. The molecule has 0 saturated heterocycles. The summed E-state index contributed by atoms with van der Waals surface area (Å²) in [5.41, 5.74) is -0.552. The minimum Gasteiger partial charge on any atom is -0.467 e. The number of rotatable bonds is 7. The van der Waals surface area contributed by atoms with Crippen LogP contribution in [0.5, 0.6) is 0 Å². The molecule has 0 radical (unpaired) electrons. The summed E-state index contributed by atoms with van der Waals surface area (Å²) in [6.45, 7) is -0.627. The smallest absolute Gasteiger partial charge is 0.339 e. The highest BCUT2D eigenvalue weighted by Gasteiger charge is 2.40. The van der Waals surface area contributed by atoms with E-state index in [9.17, 15) is 14.8 Å². The Morgan fingerprint density at radius 3 is 2.56 bits per heavy atom. The fraction of sp³-hybridized carbons (Fsp3) is 0.462. The number of hydrogen-bond donors (Lipinski definition) is 1. The molecule has 1 atom stereocenters. The molecule has 0 unspecified atom stereocenters. The Kier molecular flexibility index (Phi) is 5.45. The summed E-state index contributed by atoms with van der Waals surface area (Å²) < 4.78 is 4.51. The lowest BCUT2D eigenvalue weighted by molar-refractivity contribution is -0.148. The van der Waals surface area contributed by atoms with E-state index in [4.69, 9.17) is 0 Å². The van der Waals surface area contributed by atoms with Crippen molar-refractivity contribution in [2.75, 3.05) is 13.7 Å². The average Bonchev–Trinajstić information content (AvgIpc) is 2.44. The molecule has 0 spiro atoms. The van der Waals surface area contributed by atoms with Crippen LogP contribution in [-0.4, -0.2) is 30.3 Å². The first kappa shape index (κ1) is 14.3. The number of hydrogen-bond acceptors (Lipinski definition) is 5. The number of carbonyl (C=O) groups excluding carboxylic acids is 1. The maximum absolute atomic E-state index is 11.5.